The van der Waals surface area contributed by atoms with E-state index in [2.05, 4.69) is 22.3 Å². The maximum Gasteiger partial charge on any atom is 0.151 e. The summed E-state index contributed by atoms with van der Waals surface area (Å²) in [5.74, 6) is 0.938. The lowest BCUT2D eigenvalue weighted by molar-refractivity contribution is 0.765. The smallest absolute Gasteiger partial charge is 0.151 e. The molecule has 0 radical (unpaired) electrons. The molecule has 0 aliphatic carbocycles. The first kappa shape index (κ1) is 12.4. The lowest BCUT2D eigenvalue weighted by atomic mass is 10.2. The van der Waals surface area contributed by atoms with Gasteiger partial charge in [0.25, 0.3) is 0 Å². The molecule has 0 saturated carbocycles. The van der Waals surface area contributed by atoms with Crippen molar-refractivity contribution in [3.63, 3.8) is 0 Å². The van der Waals surface area contributed by atoms with Crippen LogP contribution in [0.3, 0.4) is 0 Å². The highest BCUT2D eigenvalue weighted by Crippen LogP contribution is 2.25. The summed E-state index contributed by atoms with van der Waals surface area (Å²) >= 11 is 0. The van der Waals surface area contributed by atoms with Gasteiger partial charge in [-0.25, -0.2) is 4.98 Å². The quantitative estimate of drug-likeness (QED) is 0.895. The average molecular weight is 245 g/mol. The normalized spacial score (nSPS) is 12.2. The van der Waals surface area contributed by atoms with Gasteiger partial charge in [-0.3, -0.25) is 4.68 Å². The minimum absolute atomic E-state index is 0.196. The van der Waals surface area contributed by atoms with Crippen molar-refractivity contribution in [2.75, 3.05) is 24.3 Å². The molecular formula is C13H19N5. The van der Waals surface area contributed by atoms with Gasteiger partial charge in [-0.05, 0) is 19.1 Å². The topological polar surface area (TPSA) is 46.0 Å². The van der Waals surface area contributed by atoms with Gasteiger partial charge in [-0.15, -0.1) is 0 Å². The first-order chi connectivity index (χ1) is 8.58. The molecule has 5 heteroatoms. The number of anilines is 2. The van der Waals surface area contributed by atoms with E-state index in [-0.39, 0.29) is 6.04 Å². The van der Waals surface area contributed by atoms with Crippen LogP contribution in [0.4, 0.5) is 11.5 Å². The summed E-state index contributed by atoms with van der Waals surface area (Å²) in [5.41, 5.74) is 2.19. The highest BCUT2D eigenvalue weighted by atomic mass is 15.2. The summed E-state index contributed by atoms with van der Waals surface area (Å²) in [4.78, 5) is 6.37. The summed E-state index contributed by atoms with van der Waals surface area (Å²) in [6.07, 6.45) is 5.70. The van der Waals surface area contributed by atoms with E-state index in [9.17, 15) is 0 Å². The summed E-state index contributed by atoms with van der Waals surface area (Å²) in [6, 6.07) is 4.17. The Bertz CT molecular complexity index is 518. The minimum atomic E-state index is 0.196. The second-order valence-electron chi connectivity index (χ2n) is 4.58. The standard InChI is InChI=1S/C13H19N5/c1-10(11-8-15-18(4)9-11)16-12-6-5-7-14-13(12)17(2)3/h5-10,16H,1-4H3. The maximum atomic E-state index is 4.37. The molecule has 0 aliphatic rings. The molecule has 2 heterocycles. The zero-order chi connectivity index (χ0) is 13.1. The first-order valence-electron chi connectivity index (χ1n) is 5.95. The number of rotatable bonds is 4. The SMILES string of the molecule is CC(Nc1cccnc1N(C)C)c1cnn(C)c1. The Balaban J connectivity index is 2.19. The Labute approximate surface area is 107 Å². The lowest BCUT2D eigenvalue weighted by Crippen LogP contribution is -2.15. The fraction of sp³-hybridized carbons (Fsp3) is 0.385. The van der Waals surface area contributed by atoms with Crippen molar-refractivity contribution in [1.29, 1.82) is 0 Å². The van der Waals surface area contributed by atoms with Gasteiger partial charge in [-0.2, -0.15) is 5.10 Å². The molecule has 96 valence electrons. The highest BCUT2D eigenvalue weighted by molar-refractivity contribution is 5.65. The predicted molar refractivity (Wildman–Crippen MR) is 73.8 cm³/mol. The van der Waals surface area contributed by atoms with Gasteiger partial charge in [0, 0.05) is 39.1 Å². The Kier molecular flexibility index (Phi) is 3.50. The van der Waals surface area contributed by atoms with Crippen LogP contribution in [0.5, 0.6) is 0 Å². The van der Waals surface area contributed by atoms with Crippen molar-refractivity contribution in [3.05, 3.63) is 36.3 Å². The van der Waals surface area contributed by atoms with Gasteiger partial charge >= 0.3 is 0 Å². The van der Waals surface area contributed by atoms with E-state index in [0.29, 0.717) is 0 Å². The van der Waals surface area contributed by atoms with Crippen LogP contribution in [0.1, 0.15) is 18.5 Å². The van der Waals surface area contributed by atoms with Crippen molar-refractivity contribution in [2.24, 2.45) is 7.05 Å². The van der Waals surface area contributed by atoms with E-state index in [4.69, 9.17) is 0 Å². The number of nitrogens with zero attached hydrogens (tertiary/aromatic N) is 4. The second-order valence-corrected chi connectivity index (χ2v) is 4.58. The van der Waals surface area contributed by atoms with Crippen LogP contribution in [0, 0.1) is 0 Å². The van der Waals surface area contributed by atoms with Crippen molar-refractivity contribution >= 4 is 11.5 Å². The number of hydrogen-bond acceptors (Lipinski definition) is 4. The Hall–Kier alpha value is -2.04. The minimum Gasteiger partial charge on any atom is -0.375 e. The van der Waals surface area contributed by atoms with Gasteiger partial charge in [0.1, 0.15) is 0 Å². The molecule has 1 unspecified atom stereocenters. The van der Waals surface area contributed by atoms with Crippen molar-refractivity contribution in [3.8, 4) is 0 Å². The molecule has 0 aliphatic heterocycles. The molecule has 0 saturated heterocycles. The van der Waals surface area contributed by atoms with Gasteiger partial charge in [-0.1, -0.05) is 0 Å². The third-order valence-electron chi connectivity index (χ3n) is 2.81. The van der Waals surface area contributed by atoms with E-state index in [0.717, 1.165) is 17.1 Å². The van der Waals surface area contributed by atoms with E-state index in [1.165, 1.54) is 0 Å². The van der Waals surface area contributed by atoms with Crippen molar-refractivity contribution in [1.82, 2.24) is 14.8 Å². The van der Waals surface area contributed by atoms with Crippen LogP contribution in [-0.2, 0) is 7.05 Å². The van der Waals surface area contributed by atoms with Crippen LogP contribution in [-0.4, -0.2) is 28.9 Å². The fourth-order valence-electron chi connectivity index (χ4n) is 1.85. The number of aromatic nitrogens is 3. The highest BCUT2D eigenvalue weighted by Gasteiger charge is 2.11. The van der Waals surface area contributed by atoms with Gasteiger partial charge in [0.05, 0.1) is 17.9 Å². The van der Waals surface area contributed by atoms with Gasteiger partial charge in [0.15, 0.2) is 5.82 Å². The molecule has 1 N–H and O–H groups in total. The number of aryl methyl sites for hydroxylation is 1. The summed E-state index contributed by atoms with van der Waals surface area (Å²) < 4.78 is 1.81. The first-order valence-corrected chi connectivity index (χ1v) is 5.95. The second kappa shape index (κ2) is 5.08. The molecule has 2 aromatic rings. The Morgan fingerprint density at radius 3 is 2.78 bits per heavy atom. The Morgan fingerprint density at radius 2 is 2.17 bits per heavy atom. The number of pyridine rings is 1. The van der Waals surface area contributed by atoms with Gasteiger partial charge in [0.2, 0.25) is 0 Å². The molecule has 0 aromatic carbocycles. The summed E-state index contributed by atoms with van der Waals surface area (Å²) in [5, 5.41) is 7.65. The van der Waals surface area contributed by atoms with Crippen LogP contribution in [0.15, 0.2) is 30.7 Å². The molecule has 0 bridgehead atoms. The predicted octanol–water partition coefficient (Wildman–Crippen LogP) is 2.05. The lowest BCUT2D eigenvalue weighted by Gasteiger charge is -2.20. The van der Waals surface area contributed by atoms with E-state index < -0.39 is 0 Å². The zero-order valence-corrected chi connectivity index (χ0v) is 11.3. The maximum absolute atomic E-state index is 4.37. The molecule has 0 amide bonds. The molecule has 1 atom stereocenters. The fourth-order valence-corrected chi connectivity index (χ4v) is 1.85. The van der Waals surface area contributed by atoms with E-state index in [1.54, 1.807) is 6.20 Å². The summed E-state index contributed by atoms with van der Waals surface area (Å²) in [7, 11) is 5.90. The van der Waals surface area contributed by atoms with Gasteiger partial charge < -0.3 is 10.2 Å². The van der Waals surface area contributed by atoms with Crippen molar-refractivity contribution in [2.45, 2.75) is 13.0 Å². The molecule has 2 aromatic heterocycles. The summed E-state index contributed by atoms with van der Waals surface area (Å²) in [6.45, 7) is 2.11. The molecule has 5 nitrogen and oxygen atoms in total. The van der Waals surface area contributed by atoms with Crippen LogP contribution >= 0.6 is 0 Å². The molecule has 0 spiro atoms. The third kappa shape index (κ3) is 2.61. The average Bonchev–Trinajstić information content (AvgIpc) is 2.76. The van der Waals surface area contributed by atoms with Crippen LogP contribution in [0.25, 0.3) is 0 Å². The van der Waals surface area contributed by atoms with Crippen molar-refractivity contribution < 1.29 is 0 Å². The third-order valence-corrected chi connectivity index (χ3v) is 2.81. The zero-order valence-electron chi connectivity index (χ0n) is 11.3. The molecule has 0 fully saturated rings. The monoisotopic (exact) mass is 245 g/mol. The molecule has 18 heavy (non-hydrogen) atoms. The van der Waals surface area contributed by atoms with E-state index >= 15 is 0 Å². The largest absolute Gasteiger partial charge is 0.375 e. The Morgan fingerprint density at radius 1 is 1.39 bits per heavy atom. The van der Waals surface area contributed by atoms with Crippen LogP contribution < -0.4 is 10.2 Å². The molecule has 2 rings (SSSR count). The van der Waals surface area contributed by atoms with E-state index in [1.807, 2.05) is 55.3 Å². The van der Waals surface area contributed by atoms with Crippen LogP contribution in [0.2, 0.25) is 0 Å². The number of nitrogens with one attached hydrogen (secondary N) is 1. The molecular weight excluding hydrogens is 226 g/mol. The number of hydrogen-bond donors (Lipinski definition) is 1.